The van der Waals surface area contributed by atoms with E-state index >= 15 is 0 Å². The molecule has 0 aromatic rings. The first kappa shape index (κ1) is 7.03. The molecule has 11 heavy (non-hydrogen) atoms. The third kappa shape index (κ3) is 0.788. The largest absolute Gasteiger partial charge is 0.468 e. The highest BCUT2D eigenvalue weighted by atomic mass is 19.1. The first-order valence-electron chi connectivity index (χ1n) is 3.72. The van der Waals surface area contributed by atoms with Gasteiger partial charge in [0.2, 0.25) is 0 Å². The number of rotatable bonds is 1. The van der Waals surface area contributed by atoms with Crippen molar-refractivity contribution in [3.8, 4) is 0 Å². The Hall–Kier alpha value is -0.640. The Morgan fingerprint density at radius 2 is 2.45 bits per heavy atom. The average molecular weight is 159 g/mol. The number of methoxy groups -OCH3 is 1. The number of fused-ring (bicyclic) bond motifs is 1. The predicted octanol–water partition coefficient (Wildman–Crippen LogP) is -0.142. The summed E-state index contributed by atoms with van der Waals surface area (Å²) in [6, 6.07) is -0.482. The van der Waals surface area contributed by atoms with Gasteiger partial charge in [-0.15, -0.1) is 0 Å². The van der Waals surface area contributed by atoms with Gasteiger partial charge < -0.3 is 4.74 Å². The number of carbonyl (C=O) groups excluding carboxylic acids is 1. The first-order chi connectivity index (χ1) is 5.24. The van der Waals surface area contributed by atoms with Crippen LogP contribution in [0.5, 0.6) is 0 Å². The summed E-state index contributed by atoms with van der Waals surface area (Å²) in [7, 11) is 1.33. The molecule has 1 N–H and O–H groups in total. The lowest BCUT2D eigenvalue weighted by Gasteiger charge is -2.27. The van der Waals surface area contributed by atoms with E-state index in [4.69, 9.17) is 0 Å². The van der Waals surface area contributed by atoms with Crippen molar-refractivity contribution in [3.63, 3.8) is 0 Å². The van der Waals surface area contributed by atoms with Gasteiger partial charge in [-0.1, -0.05) is 0 Å². The highest BCUT2D eigenvalue weighted by molar-refractivity contribution is 5.77. The Bertz CT molecular complexity index is 197. The van der Waals surface area contributed by atoms with Crippen LogP contribution in [-0.4, -0.2) is 31.3 Å². The quantitative estimate of drug-likeness (QED) is 0.541. The van der Waals surface area contributed by atoms with Gasteiger partial charge >= 0.3 is 5.97 Å². The Morgan fingerprint density at radius 3 is 2.82 bits per heavy atom. The lowest BCUT2D eigenvalue weighted by molar-refractivity contribution is -0.143. The molecule has 4 atom stereocenters. The van der Waals surface area contributed by atoms with Gasteiger partial charge in [-0.2, -0.15) is 0 Å². The third-order valence-electron chi connectivity index (χ3n) is 2.60. The van der Waals surface area contributed by atoms with Gasteiger partial charge in [0.15, 0.2) is 0 Å². The fourth-order valence-corrected chi connectivity index (χ4v) is 1.86. The second-order valence-corrected chi connectivity index (χ2v) is 3.12. The van der Waals surface area contributed by atoms with Crippen LogP contribution in [0.3, 0.4) is 0 Å². The lowest BCUT2D eigenvalue weighted by atomic mass is 9.81. The zero-order valence-corrected chi connectivity index (χ0v) is 6.21. The van der Waals surface area contributed by atoms with E-state index in [0.29, 0.717) is 0 Å². The number of carbonyl (C=O) groups is 1. The van der Waals surface area contributed by atoms with Crippen LogP contribution in [0.25, 0.3) is 0 Å². The molecular formula is C7H10FNO2. The van der Waals surface area contributed by atoms with Crippen LogP contribution in [0.2, 0.25) is 0 Å². The summed E-state index contributed by atoms with van der Waals surface area (Å²) >= 11 is 0. The number of ether oxygens (including phenoxy) is 1. The second-order valence-electron chi connectivity index (χ2n) is 3.12. The monoisotopic (exact) mass is 159 g/mol. The molecule has 0 spiro atoms. The minimum absolute atomic E-state index is 0.0934. The molecule has 4 heteroatoms. The molecule has 0 aromatic carbocycles. The van der Waals surface area contributed by atoms with E-state index < -0.39 is 6.17 Å². The summed E-state index contributed by atoms with van der Waals surface area (Å²) in [4.78, 5) is 10.9. The van der Waals surface area contributed by atoms with E-state index in [2.05, 4.69) is 10.1 Å². The molecule has 1 aliphatic carbocycles. The van der Waals surface area contributed by atoms with Crippen molar-refractivity contribution in [1.29, 1.82) is 0 Å². The van der Waals surface area contributed by atoms with Gasteiger partial charge in [-0.25, -0.2) is 4.39 Å². The number of alkyl halides is 1. The second kappa shape index (κ2) is 2.17. The number of hydrogen-bond donors (Lipinski definition) is 1. The van der Waals surface area contributed by atoms with E-state index in [1.165, 1.54) is 7.11 Å². The molecular weight excluding hydrogens is 149 g/mol. The molecule has 2 bridgehead atoms. The van der Waals surface area contributed by atoms with Gasteiger partial charge in [-0.3, -0.25) is 10.1 Å². The van der Waals surface area contributed by atoms with Crippen LogP contribution >= 0.6 is 0 Å². The molecule has 2 aliphatic heterocycles. The van der Waals surface area contributed by atoms with Crippen LogP contribution in [0.4, 0.5) is 4.39 Å². The van der Waals surface area contributed by atoms with E-state index in [-0.39, 0.29) is 24.0 Å². The van der Waals surface area contributed by atoms with Gasteiger partial charge in [-0.05, 0) is 6.42 Å². The minimum Gasteiger partial charge on any atom is -0.468 e. The van der Waals surface area contributed by atoms with Crippen molar-refractivity contribution in [3.05, 3.63) is 0 Å². The highest BCUT2D eigenvalue weighted by Gasteiger charge is 2.56. The zero-order valence-electron chi connectivity index (χ0n) is 6.21. The fourth-order valence-electron chi connectivity index (χ4n) is 1.86. The Kier molecular flexibility index (Phi) is 1.39. The van der Waals surface area contributed by atoms with E-state index in [1.54, 1.807) is 0 Å². The highest BCUT2D eigenvalue weighted by Crippen LogP contribution is 2.41. The maximum atomic E-state index is 12.8. The Morgan fingerprint density at radius 1 is 1.73 bits per heavy atom. The van der Waals surface area contributed by atoms with E-state index in [1.807, 2.05) is 0 Å². The Labute approximate surface area is 63.9 Å². The van der Waals surface area contributed by atoms with Crippen molar-refractivity contribution >= 4 is 5.97 Å². The molecule has 0 radical (unpaired) electrons. The summed E-state index contributed by atoms with van der Waals surface area (Å²) in [6.07, 6.45) is -0.0555. The summed E-state index contributed by atoms with van der Waals surface area (Å²) in [6.45, 7) is 0. The van der Waals surface area contributed by atoms with E-state index in [0.717, 1.165) is 6.42 Å². The average Bonchev–Trinajstić information content (AvgIpc) is 2.58. The molecule has 2 saturated heterocycles. The molecule has 2 heterocycles. The maximum Gasteiger partial charge on any atom is 0.323 e. The molecule has 0 aromatic heterocycles. The van der Waals surface area contributed by atoms with Crippen LogP contribution in [0.15, 0.2) is 0 Å². The summed E-state index contributed by atoms with van der Waals surface area (Å²) < 4.78 is 17.4. The molecule has 3 nitrogen and oxygen atoms in total. The molecule has 3 rings (SSSR count). The first-order valence-corrected chi connectivity index (χ1v) is 3.72. The topological polar surface area (TPSA) is 38.3 Å². The number of esters is 1. The smallest absolute Gasteiger partial charge is 0.323 e. The molecule has 0 unspecified atom stereocenters. The van der Waals surface area contributed by atoms with Gasteiger partial charge in [0.05, 0.1) is 7.11 Å². The number of nitrogens with one attached hydrogen (secondary N) is 1. The lowest BCUT2D eigenvalue weighted by Crippen LogP contribution is -2.38. The number of hydrogen-bond acceptors (Lipinski definition) is 3. The van der Waals surface area contributed by atoms with Gasteiger partial charge in [0.25, 0.3) is 0 Å². The van der Waals surface area contributed by atoms with Crippen LogP contribution in [0, 0.1) is 5.92 Å². The van der Waals surface area contributed by atoms with Crippen molar-refractivity contribution < 1.29 is 13.9 Å². The van der Waals surface area contributed by atoms with Crippen molar-refractivity contribution in [2.75, 3.05) is 7.11 Å². The third-order valence-corrected chi connectivity index (χ3v) is 2.60. The zero-order chi connectivity index (χ0) is 8.01. The maximum absolute atomic E-state index is 12.8. The normalized spacial score (nSPS) is 46.7. The van der Waals surface area contributed by atoms with Crippen LogP contribution < -0.4 is 5.32 Å². The van der Waals surface area contributed by atoms with Crippen molar-refractivity contribution in [2.45, 2.75) is 24.7 Å². The molecule has 1 saturated carbocycles. The molecule has 3 aliphatic rings. The van der Waals surface area contributed by atoms with Gasteiger partial charge in [0.1, 0.15) is 12.2 Å². The van der Waals surface area contributed by atoms with Crippen molar-refractivity contribution in [1.82, 2.24) is 5.32 Å². The fraction of sp³-hybridized carbons (Fsp3) is 0.857. The van der Waals surface area contributed by atoms with Crippen LogP contribution in [0.1, 0.15) is 6.42 Å². The molecule has 0 amide bonds. The summed E-state index contributed by atoms with van der Waals surface area (Å²) in [5, 5.41) is 2.88. The molecule has 3 fully saturated rings. The Balaban J connectivity index is 2.04. The summed E-state index contributed by atoms with van der Waals surface area (Å²) in [5.41, 5.74) is 0. The molecule has 62 valence electrons. The SMILES string of the molecule is COC(=O)[C@H]1N[C@H]2C[C@@H]1[C@H]2F. The van der Waals surface area contributed by atoms with E-state index in [9.17, 15) is 9.18 Å². The van der Waals surface area contributed by atoms with Gasteiger partial charge in [0, 0.05) is 12.0 Å². The standard InChI is InChI=1S/C7H10FNO2/c1-11-7(10)6-3-2-4(9-6)5(3)8/h3-6,9H,2H2,1H3/t3-,4+,5-,6+/m1/s1. The van der Waals surface area contributed by atoms with Crippen molar-refractivity contribution in [2.24, 2.45) is 5.92 Å². The van der Waals surface area contributed by atoms with Crippen LogP contribution in [-0.2, 0) is 9.53 Å². The summed E-state index contributed by atoms with van der Waals surface area (Å²) in [5.74, 6) is -0.468. The predicted molar refractivity (Wildman–Crippen MR) is 35.7 cm³/mol. The minimum atomic E-state index is -0.834. The number of halogens is 1.